The van der Waals surface area contributed by atoms with Crippen molar-refractivity contribution in [1.82, 2.24) is 34.5 Å². The topological polar surface area (TPSA) is 82.3 Å². The van der Waals surface area contributed by atoms with Gasteiger partial charge in [0, 0.05) is 69.9 Å². The van der Waals surface area contributed by atoms with Crippen LogP contribution in [0.2, 0.25) is 0 Å². The van der Waals surface area contributed by atoms with Crippen LogP contribution >= 0.6 is 11.3 Å². The normalized spacial score (nSPS) is 12.3. The van der Waals surface area contributed by atoms with E-state index >= 15 is 0 Å². The smallest absolute Gasteiger partial charge is 0.164 e. The average Bonchev–Trinajstić information content (AvgIpc) is 4.05. The lowest BCUT2D eigenvalue weighted by molar-refractivity contribution is 0.522. The monoisotopic (exact) mass is 1060 g/mol. The summed E-state index contributed by atoms with van der Waals surface area (Å²) >= 11 is 1.87. The van der Waals surface area contributed by atoms with E-state index in [0.717, 1.165) is 56.9 Å². The van der Waals surface area contributed by atoms with Gasteiger partial charge < -0.3 is 4.57 Å². The molecule has 0 saturated carbocycles. The van der Waals surface area contributed by atoms with E-state index in [1.54, 1.807) is 0 Å². The molecule has 0 unspecified atom stereocenters. The number of para-hydroxylation sites is 1. The van der Waals surface area contributed by atoms with Crippen LogP contribution in [0.1, 0.15) is 77.9 Å². The van der Waals surface area contributed by atoms with E-state index in [4.69, 9.17) is 29.9 Å². The third kappa shape index (κ3) is 9.64. The summed E-state index contributed by atoms with van der Waals surface area (Å²) in [6.07, 6.45) is 0.778. The van der Waals surface area contributed by atoms with Gasteiger partial charge in [-0.1, -0.05) is 201 Å². The van der Waals surface area contributed by atoms with Gasteiger partial charge in [0.2, 0.25) is 0 Å². The van der Waals surface area contributed by atoms with Crippen molar-refractivity contribution in [2.75, 3.05) is 0 Å². The van der Waals surface area contributed by atoms with Gasteiger partial charge in [-0.25, -0.2) is 29.9 Å². The van der Waals surface area contributed by atoms with Crippen LogP contribution in [0, 0.1) is 0 Å². The zero-order valence-corrected chi connectivity index (χ0v) is 47.3. The van der Waals surface area contributed by atoms with E-state index in [9.17, 15) is 0 Å². The Labute approximate surface area is 471 Å². The molecule has 0 aliphatic rings. The maximum Gasteiger partial charge on any atom is 0.164 e. The first kappa shape index (κ1) is 50.5. The van der Waals surface area contributed by atoms with E-state index < -0.39 is 0 Å². The van der Waals surface area contributed by atoms with Crippen LogP contribution in [0.25, 0.3) is 116 Å². The van der Waals surface area contributed by atoms with Gasteiger partial charge >= 0.3 is 0 Å². The lowest BCUT2D eigenvalue weighted by atomic mass is 9.78. The van der Waals surface area contributed by atoms with Gasteiger partial charge in [0.15, 0.2) is 29.1 Å². The van der Waals surface area contributed by atoms with Crippen LogP contribution in [0.5, 0.6) is 0 Å². The molecule has 0 aliphatic heterocycles. The molecule has 9 aromatic carbocycles. The lowest BCUT2D eigenvalue weighted by Gasteiger charge is -2.26. The Morgan fingerprint density at radius 2 is 0.850 bits per heavy atom. The molecule has 4 heterocycles. The summed E-state index contributed by atoms with van der Waals surface area (Å²) in [6, 6.07) is 75.8. The summed E-state index contributed by atoms with van der Waals surface area (Å²) in [5, 5.41) is 5.05. The standard InChI is InChI=1S/C72H61N7S/c1-70(2,3)53-33-36-62-58(42-53)59-43-55(34-37-63(59)80-62)79-60-31-16-15-30-56(60)57-41-49(32-35-61(57)79)48-25-18-27-51(39-48)68-76-67(77-69(78-68)71(4,5)6)50-26-17-20-45(38-50)44-72(7,8)54-29-19-28-52(40-54)66-74-64(46-21-11-9-12-22-46)73-65(75-66)47-23-13-10-14-24-47/h9-43H,44H2,1-8H3. The molecule has 13 rings (SSSR count). The molecule has 0 fully saturated rings. The molecule has 0 radical (unpaired) electrons. The van der Waals surface area contributed by atoms with Crippen molar-refractivity contribution >= 4 is 53.3 Å². The number of hydrogen-bond donors (Lipinski definition) is 0. The van der Waals surface area contributed by atoms with Crippen LogP contribution in [0.4, 0.5) is 0 Å². The highest BCUT2D eigenvalue weighted by atomic mass is 32.1. The summed E-state index contributed by atoms with van der Waals surface area (Å²) < 4.78 is 5.05. The maximum absolute atomic E-state index is 5.26. The average molecular weight is 1060 g/mol. The summed E-state index contributed by atoms with van der Waals surface area (Å²) in [6.45, 7) is 18.0. The number of thiophene rings is 1. The fourth-order valence-electron chi connectivity index (χ4n) is 11.1. The number of aromatic nitrogens is 7. The Morgan fingerprint density at radius 3 is 1.51 bits per heavy atom. The summed E-state index contributed by atoms with van der Waals surface area (Å²) in [7, 11) is 0. The maximum atomic E-state index is 5.26. The molecule has 13 aromatic rings. The molecular formula is C72H61N7S. The van der Waals surface area contributed by atoms with E-state index in [1.807, 2.05) is 72.0 Å². The van der Waals surface area contributed by atoms with Crippen molar-refractivity contribution in [2.45, 2.75) is 78.1 Å². The van der Waals surface area contributed by atoms with Gasteiger partial charge in [-0.3, -0.25) is 0 Å². The highest BCUT2D eigenvalue weighted by Gasteiger charge is 2.26. The van der Waals surface area contributed by atoms with Crippen LogP contribution in [-0.4, -0.2) is 34.5 Å². The molecule has 7 nitrogen and oxygen atoms in total. The van der Waals surface area contributed by atoms with Gasteiger partial charge in [0.25, 0.3) is 0 Å². The summed E-state index contributed by atoms with van der Waals surface area (Å²) in [4.78, 5) is 30.6. The Balaban J connectivity index is 0.817. The Morgan fingerprint density at radius 1 is 0.338 bits per heavy atom. The lowest BCUT2D eigenvalue weighted by Crippen LogP contribution is -2.20. The Bertz CT molecular complexity index is 4440. The second-order valence-electron chi connectivity index (χ2n) is 23.8. The van der Waals surface area contributed by atoms with Gasteiger partial charge in [0.05, 0.1) is 11.0 Å². The Kier molecular flexibility index (Phi) is 12.5. The number of nitrogens with zero attached hydrogens (tertiary/aromatic N) is 7. The van der Waals surface area contributed by atoms with Gasteiger partial charge in [-0.2, -0.15) is 0 Å². The quantitative estimate of drug-likeness (QED) is 0.136. The molecule has 0 aliphatic carbocycles. The van der Waals surface area contributed by atoms with E-state index in [2.05, 4.69) is 212 Å². The predicted molar refractivity (Wildman–Crippen MR) is 334 cm³/mol. The zero-order chi connectivity index (χ0) is 54.9. The molecule has 0 saturated heterocycles. The second-order valence-corrected chi connectivity index (χ2v) is 24.9. The van der Waals surface area contributed by atoms with Crippen molar-refractivity contribution in [2.24, 2.45) is 0 Å². The van der Waals surface area contributed by atoms with Crippen LogP contribution in [-0.2, 0) is 22.7 Å². The highest BCUT2D eigenvalue weighted by molar-refractivity contribution is 7.25. The van der Waals surface area contributed by atoms with Crippen LogP contribution < -0.4 is 0 Å². The highest BCUT2D eigenvalue weighted by Crippen LogP contribution is 2.41. The molecule has 8 heteroatoms. The van der Waals surface area contributed by atoms with Crippen molar-refractivity contribution in [3.63, 3.8) is 0 Å². The molecular weight excluding hydrogens is 995 g/mol. The minimum absolute atomic E-state index is 0.0686. The SMILES string of the molecule is CC(C)(C)c1ccc2sc3ccc(-n4c5ccccc5c5cc(-c6cccc(-c7nc(-c8cccc(CC(C)(C)c9cccc(-c%10nc(-c%11ccccc%11)nc(-c%11ccccc%11)n%10)c9)c8)nc(C(C)(C)C)n7)c6)ccc54)cc3c2c1. The van der Waals surface area contributed by atoms with Gasteiger partial charge in [-0.05, 0) is 112 Å². The fraction of sp³-hybridized carbons (Fsp3) is 0.167. The molecule has 390 valence electrons. The van der Waals surface area contributed by atoms with Crippen molar-refractivity contribution in [3.8, 4) is 73.8 Å². The van der Waals surface area contributed by atoms with Gasteiger partial charge in [0.1, 0.15) is 5.82 Å². The summed E-state index contributed by atoms with van der Waals surface area (Å²) in [5.74, 6) is 3.97. The van der Waals surface area contributed by atoms with E-state index in [0.29, 0.717) is 29.1 Å². The largest absolute Gasteiger partial charge is 0.309 e. The third-order valence-electron chi connectivity index (χ3n) is 15.4. The first-order valence-corrected chi connectivity index (χ1v) is 28.4. The minimum atomic E-state index is -0.327. The van der Waals surface area contributed by atoms with Crippen LogP contribution in [0.15, 0.2) is 212 Å². The first-order valence-electron chi connectivity index (χ1n) is 27.5. The van der Waals surface area contributed by atoms with Crippen molar-refractivity contribution in [3.05, 3.63) is 235 Å². The van der Waals surface area contributed by atoms with Crippen LogP contribution in [0.3, 0.4) is 0 Å². The number of hydrogen-bond acceptors (Lipinski definition) is 7. The third-order valence-corrected chi connectivity index (χ3v) is 16.6. The number of benzene rings is 9. The number of rotatable bonds is 10. The Hall–Kier alpha value is -8.98. The van der Waals surface area contributed by atoms with Gasteiger partial charge in [-0.15, -0.1) is 11.3 Å². The fourth-order valence-corrected chi connectivity index (χ4v) is 12.1. The molecule has 0 N–H and O–H groups in total. The molecule has 0 amide bonds. The van der Waals surface area contributed by atoms with Crippen molar-refractivity contribution < 1.29 is 0 Å². The second kappa shape index (κ2) is 19.7. The van der Waals surface area contributed by atoms with Crippen molar-refractivity contribution in [1.29, 1.82) is 0 Å². The molecule has 0 atom stereocenters. The zero-order valence-electron chi connectivity index (χ0n) is 46.5. The molecule has 4 aromatic heterocycles. The first-order chi connectivity index (χ1) is 38.6. The molecule has 0 bridgehead atoms. The van der Waals surface area contributed by atoms with E-state index in [1.165, 1.54) is 58.7 Å². The predicted octanol–water partition coefficient (Wildman–Crippen LogP) is 18.6. The summed E-state index contributed by atoms with van der Waals surface area (Å²) in [5.41, 5.74) is 13.7. The van der Waals surface area contributed by atoms with E-state index in [-0.39, 0.29) is 16.2 Å². The minimum Gasteiger partial charge on any atom is -0.309 e. The number of fused-ring (bicyclic) bond motifs is 6. The molecule has 80 heavy (non-hydrogen) atoms. The molecule has 0 spiro atoms.